The van der Waals surface area contributed by atoms with Gasteiger partial charge in [0.1, 0.15) is 0 Å². The lowest BCUT2D eigenvalue weighted by molar-refractivity contribution is -0.136. The summed E-state index contributed by atoms with van der Waals surface area (Å²) in [6.45, 7) is 24.2. The van der Waals surface area contributed by atoms with Crippen LogP contribution in [-0.4, -0.2) is 31.8 Å². The molecule has 3 atom stereocenters. The molecule has 0 heterocycles. The number of benzene rings is 1. The fourth-order valence-corrected chi connectivity index (χ4v) is 6.37. The molecule has 0 radical (unpaired) electrons. The van der Waals surface area contributed by atoms with E-state index in [2.05, 4.69) is 116 Å². The van der Waals surface area contributed by atoms with Crippen molar-refractivity contribution in [1.29, 1.82) is 0 Å². The Balaban J connectivity index is 3.05. The fourth-order valence-electron chi connectivity index (χ4n) is 4.95. The zero-order valence-corrected chi connectivity index (χ0v) is 28.2. The van der Waals surface area contributed by atoms with Crippen LogP contribution >= 0.6 is 0 Å². The summed E-state index contributed by atoms with van der Waals surface area (Å²) in [5, 5.41) is 0.195. The van der Waals surface area contributed by atoms with Crippen molar-refractivity contribution in [3.63, 3.8) is 0 Å². The Hall–Kier alpha value is -1.65. The van der Waals surface area contributed by atoms with Gasteiger partial charge in [0, 0.05) is 25.1 Å². The highest BCUT2D eigenvalue weighted by molar-refractivity contribution is 6.74. The van der Waals surface area contributed by atoms with Crippen LogP contribution < -0.4 is 0 Å². The van der Waals surface area contributed by atoms with Crippen molar-refractivity contribution in [3.8, 4) is 0 Å². The van der Waals surface area contributed by atoms with Gasteiger partial charge in [0.2, 0.25) is 5.91 Å². The summed E-state index contributed by atoms with van der Waals surface area (Å²) in [5.41, 5.74) is 2.65. The Morgan fingerprint density at radius 1 is 1.03 bits per heavy atom. The van der Waals surface area contributed by atoms with E-state index in [1.165, 1.54) is 11.1 Å². The first-order valence-corrected chi connectivity index (χ1v) is 18.5. The maximum Gasteiger partial charge on any atom is 0.225 e. The molecule has 3 nitrogen and oxygen atoms in total. The predicted octanol–water partition coefficient (Wildman–Crippen LogP) is 10.3. The van der Waals surface area contributed by atoms with Crippen LogP contribution in [0.1, 0.15) is 112 Å². The SMILES string of the molecule is C/C=C\CC[C@@H](CC)C(=O)N(CCC[C@@H](CC)[C@@H](CC/C(C)=C/C)O[Si](C)(C)C(C)(C)C)Cc1ccccc1. The van der Waals surface area contributed by atoms with E-state index in [9.17, 15) is 4.79 Å². The summed E-state index contributed by atoms with van der Waals surface area (Å²) in [7, 11) is -1.88. The topological polar surface area (TPSA) is 29.5 Å². The van der Waals surface area contributed by atoms with Gasteiger partial charge in [-0.3, -0.25) is 4.79 Å². The van der Waals surface area contributed by atoms with Crippen LogP contribution in [-0.2, 0) is 15.8 Å². The molecule has 0 unspecified atom stereocenters. The summed E-state index contributed by atoms with van der Waals surface area (Å²) >= 11 is 0. The Kier molecular flexibility index (Phi) is 16.2. The molecule has 0 N–H and O–H groups in total. The van der Waals surface area contributed by atoms with E-state index in [1.54, 1.807) is 0 Å². The number of hydrogen-bond acceptors (Lipinski definition) is 2. The quantitative estimate of drug-likeness (QED) is 0.133. The third kappa shape index (κ3) is 12.6. The van der Waals surface area contributed by atoms with Crippen molar-refractivity contribution in [3.05, 3.63) is 59.7 Å². The molecular weight excluding hydrogens is 494 g/mol. The zero-order chi connectivity index (χ0) is 29.5. The normalized spacial score (nSPS) is 15.4. The lowest BCUT2D eigenvalue weighted by atomic mass is 9.90. The minimum atomic E-state index is -1.88. The molecule has 1 aromatic carbocycles. The van der Waals surface area contributed by atoms with Gasteiger partial charge in [-0.1, -0.05) is 95.2 Å². The average Bonchev–Trinajstić information content (AvgIpc) is 2.90. The van der Waals surface area contributed by atoms with Gasteiger partial charge in [-0.25, -0.2) is 0 Å². The summed E-state index contributed by atoms with van der Waals surface area (Å²) in [5.74, 6) is 0.913. The Morgan fingerprint density at radius 3 is 2.23 bits per heavy atom. The van der Waals surface area contributed by atoms with Crippen molar-refractivity contribution in [2.75, 3.05) is 6.54 Å². The van der Waals surface area contributed by atoms with E-state index >= 15 is 0 Å². The first-order valence-electron chi connectivity index (χ1n) is 15.6. The molecule has 0 aliphatic rings. The zero-order valence-electron chi connectivity index (χ0n) is 27.2. The van der Waals surface area contributed by atoms with Crippen molar-refractivity contribution in [2.45, 2.75) is 138 Å². The van der Waals surface area contributed by atoms with Gasteiger partial charge in [0.25, 0.3) is 0 Å². The van der Waals surface area contributed by atoms with Crippen molar-refractivity contribution in [2.24, 2.45) is 11.8 Å². The molecule has 0 saturated carbocycles. The molecule has 1 aromatic rings. The lowest BCUT2D eigenvalue weighted by Crippen LogP contribution is -2.46. The van der Waals surface area contributed by atoms with Crippen LogP contribution in [0, 0.1) is 11.8 Å². The molecular formula is C35H61NO2Si. The summed E-state index contributed by atoms with van der Waals surface area (Å²) in [6, 6.07) is 10.5. The molecule has 0 saturated heterocycles. The van der Waals surface area contributed by atoms with Gasteiger partial charge in [0.15, 0.2) is 8.32 Å². The minimum Gasteiger partial charge on any atom is -0.414 e. The van der Waals surface area contributed by atoms with Crippen LogP contribution in [0.3, 0.4) is 0 Å². The first kappa shape index (κ1) is 35.4. The molecule has 0 spiro atoms. The summed E-state index contributed by atoms with van der Waals surface area (Å²) in [4.78, 5) is 15.9. The summed E-state index contributed by atoms with van der Waals surface area (Å²) in [6.07, 6.45) is 15.0. The number of carbonyl (C=O) groups is 1. The third-order valence-electron chi connectivity index (χ3n) is 8.91. The monoisotopic (exact) mass is 555 g/mol. The van der Waals surface area contributed by atoms with Crippen LogP contribution in [0.15, 0.2) is 54.1 Å². The van der Waals surface area contributed by atoms with E-state index in [-0.39, 0.29) is 17.1 Å². The average molecular weight is 556 g/mol. The van der Waals surface area contributed by atoms with Crippen LogP contribution in [0.2, 0.25) is 18.1 Å². The van der Waals surface area contributed by atoms with E-state index < -0.39 is 8.32 Å². The van der Waals surface area contributed by atoms with Crippen molar-refractivity contribution < 1.29 is 9.22 Å². The van der Waals surface area contributed by atoms with Crippen molar-refractivity contribution >= 4 is 14.2 Å². The molecule has 39 heavy (non-hydrogen) atoms. The number of rotatable bonds is 18. The third-order valence-corrected chi connectivity index (χ3v) is 13.4. The Morgan fingerprint density at radius 2 is 1.69 bits per heavy atom. The first-order chi connectivity index (χ1) is 18.4. The van der Waals surface area contributed by atoms with Gasteiger partial charge < -0.3 is 9.33 Å². The van der Waals surface area contributed by atoms with E-state index in [4.69, 9.17) is 4.43 Å². The van der Waals surface area contributed by atoms with E-state index in [1.807, 2.05) is 6.07 Å². The molecule has 0 aliphatic heterocycles. The molecule has 0 aliphatic carbocycles. The highest BCUT2D eigenvalue weighted by Gasteiger charge is 2.40. The largest absolute Gasteiger partial charge is 0.414 e. The molecule has 1 amide bonds. The summed E-state index contributed by atoms with van der Waals surface area (Å²) < 4.78 is 7.09. The number of hydrogen-bond donors (Lipinski definition) is 0. The van der Waals surface area contributed by atoms with Gasteiger partial charge in [-0.2, -0.15) is 0 Å². The van der Waals surface area contributed by atoms with Gasteiger partial charge in [-0.15, -0.1) is 0 Å². The predicted molar refractivity (Wildman–Crippen MR) is 173 cm³/mol. The van der Waals surface area contributed by atoms with E-state index in [0.29, 0.717) is 18.4 Å². The second-order valence-corrected chi connectivity index (χ2v) is 17.7. The molecule has 4 heteroatoms. The van der Waals surface area contributed by atoms with E-state index in [0.717, 1.165) is 57.9 Å². The fraction of sp³-hybridized carbons (Fsp3) is 0.686. The highest BCUT2D eigenvalue weighted by atomic mass is 28.4. The van der Waals surface area contributed by atoms with Gasteiger partial charge in [0.05, 0.1) is 0 Å². The number of amides is 1. The maximum absolute atomic E-state index is 13.7. The van der Waals surface area contributed by atoms with Crippen LogP contribution in [0.4, 0.5) is 0 Å². The Bertz CT molecular complexity index is 868. The van der Waals surface area contributed by atoms with Crippen LogP contribution in [0.5, 0.6) is 0 Å². The van der Waals surface area contributed by atoms with Crippen molar-refractivity contribution in [1.82, 2.24) is 4.90 Å². The van der Waals surface area contributed by atoms with Crippen LogP contribution in [0.25, 0.3) is 0 Å². The number of carbonyl (C=O) groups excluding carboxylic acids is 1. The molecule has 222 valence electrons. The standard InChI is InChI=1S/C35H61NO2Si/c1-11-15-17-23-32(14-4)34(37)36(28-30-21-18-16-19-22-30)27-20-24-31(13-3)33(26-25-29(5)12-2)38-39(9,10)35(6,7)8/h11-12,15-16,18-19,21-22,31-33H,13-14,17,20,23-28H2,1-10H3/b15-11-,29-12+/t31-,32-,33-/m1/s1. The second-order valence-electron chi connectivity index (χ2n) is 12.9. The lowest BCUT2D eigenvalue weighted by Gasteiger charge is -2.42. The van der Waals surface area contributed by atoms with Gasteiger partial charge in [-0.05, 0) is 95.3 Å². The minimum absolute atomic E-state index is 0.0883. The Labute approximate surface area is 243 Å². The molecule has 0 aromatic heterocycles. The molecule has 0 bridgehead atoms. The number of allylic oxidation sites excluding steroid dienone is 4. The highest BCUT2D eigenvalue weighted by Crippen LogP contribution is 2.39. The number of nitrogens with zero attached hydrogens (tertiary/aromatic N) is 1. The molecule has 1 rings (SSSR count). The second kappa shape index (κ2) is 17.9. The smallest absolute Gasteiger partial charge is 0.225 e. The molecule has 0 fully saturated rings. The van der Waals surface area contributed by atoms with Gasteiger partial charge >= 0.3 is 0 Å². The maximum atomic E-state index is 13.7.